The van der Waals surface area contributed by atoms with Crippen LogP contribution in [0, 0.1) is 5.82 Å². The number of morpholine rings is 1. The molecule has 134 valence electrons. The van der Waals surface area contributed by atoms with Crippen molar-refractivity contribution in [2.75, 3.05) is 18.4 Å². The molecule has 0 saturated carbocycles. The first-order valence-electron chi connectivity index (χ1n) is 7.99. The first-order valence-corrected chi connectivity index (χ1v) is 9.25. The number of halogens is 2. The standard InChI is InChI=1S/C17H19ClFN3O2S/c1-10-6-22(7-11(2)24-10)8-13-9-25-17(20-13)21-16(23)14-4-3-12(18)5-15(14)19/h3-5,9-11H,6-8H2,1-2H3,(H,20,21,23)/t10-,11-/m0/s1. The summed E-state index contributed by atoms with van der Waals surface area (Å²) in [4.78, 5) is 18.9. The van der Waals surface area contributed by atoms with E-state index in [9.17, 15) is 9.18 Å². The number of anilines is 1. The molecule has 1 amide bonds. The van der Waals surface area contributed by atoms with Crippen LogP contribution in [0.3, 0.4) is 0 Å². The summed E-state index contributed by atoms with van der Waals surface area (Å²) in [7, 11) is 0. The Bertz CT molecular complexity index is 760. The maximum Gasteiger partial charge on any atom is 0.260 e. The highest BCUT2D eigenvalue weighted by atomic mass is 35.5. The first kappa shape index (κ1) is 18.3. The van der Waals surface area contributed by atoms with Crippen molar-refractivity contribution in [2.24, 2.45) is 0 Å². The quantitative estimate of drug-likeness (QED) is 0.872. The summed E-state index contributed by atoms with van der Waals surface area (Å²) in [6.07, 6.45) is 0.379. The largest absolute Gasteiger partial charge is 0.373 e. The lowest BCUT2D eigenvalue weighted by atomic mass is 10.2. The van der Waals surface area contributed by atoms with Gasteiger partial charge in [0.25, 0.3) is 5.91 Å². The molecule has 1 aliphatic rings. The Labute approximate surface area is 154 Å². The predicted molar refractivity (Wildman–Crippen MR) is 96.8 cm³/mol. The van der Waals surface area contributed by atoms with Crippen LogP contribution in [-0.2, 0) is 11.3 Å². The lowest BCUT2D eigenvalue weighted by Crippen LogP contribution is -2.44. The summed E-state index contributed by atoms with van der Waals surface area (Å²) < 4.78 is 19.5. The molecule has 1 saturated heterocycles. The Morgan fingerprint density at radius 2 is 2.16 bits per heavy atom. The van der Waals surface area contributed by atoms with Crippen molar-refractivity contribution in [1.82, 2.24) is 9.88 Å². The highest BCUT2D eigenvalue weighted by molar-refractivity contribution is 7.13. The first-order chi connectivity index (χ1) is 11.9. The van der Waals surface area contributed by atoms with E-state index in [1.54, 1.807) is 0 Å². The molecule has 0 bridgehead atoms. The number of thiazole rings is 1. The molecule has 1 fully saturated rings. The number of nitrogens with zero attached hydrogens (tertiary/aromatic N) is 2. The van der Waals surface area contributed by atoms with Crippen molar-refractivity contribution in [1.29, 1.82) is 0 Å². The van der Waals surface area contributed by atoms with E-state index in [1.807, 2.05) is 5.38 Å². The molecule has 3 rings (SSSR count). The van der Waals surface area contributed by atoms with E-state index < -0.39 is 11.7 Å². The highest BCUT2D eigenvalue weighted by Crippen LogP contribution is 2.21. The van der Waals surface area contributed by atoms with Gasteiger partial charge in [-0.25, -0.2) is 9.37 Å². The third-order valence-corrected chi connectivity index (χ3v) is 4.87. The molecule has 0 unspecified atom stereocenters. The maximum absolute atomic E-state index is 13.8. The molecule has 8 heteroatoms. The molecule has 1 aromatic heterocycles. The van der Waals surface area contributed by atoms with Crippen LogP contribution in [0.2, 0.25) is 5.02 Å². The summed E-state index contributed by atoms with van der Waals surface area (Å²) >= 11 is 7.02. The average Bonchev–Trinajstić information content (AvgIpc) is 2.92. The molecule has 25 heavy (non-hydrogen) atoms. The summed E-state index contributed by atoms with van der Waals surface area (Å²) in [5.41, 5.74) is 0.815. The van der Waals surface area contributed by atoms with Crippen molar-refractivity contribution >= 4 is 34.0 Å². The van der Waals surface area contributed by atoms with Crippen LogP contribution in [0.4, 0.5) is 9.52 Å². The average molecular weight is 384 g/mol. The SMILES string of the molecule is C[C@H]1CN(Cc2csc(NC(=O)c3ccc(Cl)cc3F)n2)C[C@H](C)O1. The number of nitrogens with one attached hydrogen (secondary N) is 1. The number of carbonyl (C=O) groups is 1. The Balaban J connectivity index is 1.62. The molecule has 2 atom stereocenters. The van der Waals surface area contributed by atoms with Crippen LogP contribution in [0.25, 0.3) is 0 Å². The fraction of sp³-hybridized carbons (Fsp3) is 0.412. The number of amides is 1. The summed E-state index contributed by atoms with van der Waals surface area (Å²) in [6.45, 7) is 6.49. The van der Waals surface area contributed by atoms with E-state index in [1.165, 1.54) is 23.5 Å². The minimum absolute atomic E-state index is 0.0584. The van der Waals surface area contributed by atoms with Gasteiger partial charge in [-0.1, -0.05) is 11.6 Å². The Morgan fingerprint density at radius 1 is 1.44 bits per heavy atom. The Hall–Kier alpha value is -1.54. The topological polar surface area (TPSA) is 54.5 Å². The van der Waals surface area contributed by atoms with Gasteiger partial charge < -0.3 is 4.74 Å². The molecule has 0 aliphatic carbocycles. The van der Waals surface area contributed by atoms with Crippen LogP contribution >= 0.6 is 22.9 Å². The number of carbonyl (C=O) groups excluding carboxylic acids is 1. The fourth-order valence-electron chi connectivity index (χ4n) is 2.92. The molecule has 2 heterocycles. The van der Waals surface area contributed by atoms with Gasteiger partial charge in [-0.15, -0.1) is 11.3 Å². The van der Waals surface area contributed by atoms with Crippen molar-refractivity contribution in [3.8, 4) is 0 Å². The molecule has 1 aliphatic heterocycles. The molecule has 1 aromatic carbocycles. The summed E-state index contributed by atoms with van der Waals surface area (Å²) in [6, 6.07) is 3.95. The third-order valence-electron chi connectivity index (χ3n) is 3.83. The lowest BCUT2D eigenvalue weighted by molar-refractivity contribution is -0.0707. The smallest absolute Gasteiger partial charge is 0.260 e. The van der Waals surface area contributed by atoms with Crippen LogP contribution in [0.15, 0.2) is 23.6 Å². The fourth-order valence-corrected chi connectivity index (χ4v) is 3.77. The van der Waals surface area contributed by atoms with E-state index in [0.29, 0.717) is 11.7 Å². The monoisotopic (exact) mass is 383 g/mol. The number of hydrogen-bond donors (Lipinski definition) is 1. The second-order valence-corrected chi connectivity index (χ2v) is 7.47. The van der Waals surface area contributed by atoms with Crippen molar-refractivity contribution in [3.63, 3.8) is 0 Å². The van der Waals surface area contributed by atoms with Gasteiger partial charge >= 0.3 is 0 Å². The normalized spacial score (nSPS) is 21.3. The van der Waals surface area contributed by atoms with E-state index in [0.717, 1.165) is 24.8 Å². The zero-order valence-corrected chi connectivity index (χ0v) is 15.5. The van der Waals surface area contributed by atoms with Gasteiger partial charge in [-0.05, 0) is 32.0 Å². The molecular formula is C17H19ClFN3O2S. The van der Waals surface area contributed by atoms with Gasteiger partial charge in [-0.2, -0.15) is 0 Å². The predicted octanol–water partition coefficient (Wildman–Crippen LogP) is 3.80. The minimum atomic E-state index is -0.655. The summed E-state index contributed by atoms with van der Waals surface area (Å²) in [5.74, 6) is -1.19. The summed E-state index contributed by atoms with van der Waals surface area (Å²) in [5, 5.41) is 5.23. The van der Waals surface area contributed by atoms with Gasteiger partial charge in [-0.3, -0.25) is 15.0 Å². The lowest BCUT2D eigenvalue weighted by Gasteiger charge is -2.34. The molecule has 1 N–H and O–H groups in total. The molecule has 0 spiro atoms. The second-order valence-electron chi connectivity index (χ2n) is 6.17. The number of ether oxygens (including phenoxy) is 1. The second kappa shape index (κ2) is 7.78. The van der Waals surface area contributed by atoms with Crippen LogP contribution in [-0.4, -0.2) is 41.1 Å². The van der Waals surface area contributed by atoms with Gasteiger partial charge in [0.1, 0.15) is 5.82 Å². The maximum atomic E-state index is 13.8. The van der Waals surface area contributed by atoms with Crippen LogP contribution in [0.1, 0.15) is 29.9 Å². The van der Waals surface area contributed by atoms with Crippen molar-refractivity contribution in [3.05, 3.63) is 45.7 Å². The molecular weight excluding hydrogens is 365 g/mol. The van der Waals surface area contributed by atoms with Crippen LogP contribution < -0.4 is 5.32 Å². The zero-order chi connectivity index (χ0) is 18.0. The van der Waals surface area contributed by atoms with E-state index >= 15 is 0 Å². The minimum Gasteiger partial charge on any atom is -0.373 e. The van der Waals surface area contributed by atoms with E-state index in [4.69, 9.17) is 16.3 Å². The number of aromatic nitrogens is 1. The van der Waals surface area contributed by atoms with Crippen molar-refractivity contribution < 1.29 is 13.9 Å². The van der Waals surface area contributed by atoms with Crippen LogP contribution in [0.5, 0.6) is 0 Å². The molecule has 0 radical (unpaired) electrons. The number of rotatable bonds is 4. The van der Waals surface area contributed by atoms with Gasteiger partial charge in [0.15, 0.2) is 5.13 Å². The highest BCUT2D eigenvalue weighted by Gasteiger charge is 2.23. The van der Waals surface area contributed by atoms with Crippen molar-refractivity contribution in [2.45, 2.75) is 32.6 Å². The van der Waals surface area contributed by atoms with E-state index in [-0.39, 0.29) is 22.8 Å². The number of benzene rings is 1. The molecule has 2 aromatic rings. The van der Waals surface area contributed by atoms with Gasteiger partial charge in [0, 0.05) is 30.0 Å². The zero-order valence-electron chi connectivity index (χ0n) is 14.0. The molecule has 5 nitrogen and oxygen atoms in total. The van der Waals surface area contributed by atoms with E-state index in [2.05, 4.69) is 29.0 Å². The Morgan fingerprint density at radius 3 is 2.84 bits per heavy atom. The number of hydrogen-bond acceptors (Lipinski definition) is 5. The van der Waals surface area contributed by atoms with Gasteiger partial charge in [0.05, 0.1) is 23.5 Å². The Kier molecular flexibility index (Phi) is 5.68. The third kappa shape index (κ3) is 4.76. The van der Waals surface area contributed by atoms with Gasteiger partial charge in [0.2, 0.25) is 0 Å².